The molecule has 1 amide bonds. The van der Waals surface area contributed by atoms with Crippen molar-refractivity contribution in [2.24, 2.45) is 0 Å². The van der Waals surface area contributed by atoms with Crippen LogP contribution in [0.3, 0.4) is 0 Å². The molecule has 29 heavy (non-hydrogen) atoms. The fourth-order valence-electron chi connectivity index (χ4n) is 3.27. The van der Waals surface area contributed by atoms with Crippen LogP contribution in [-0.2, 0) is 11.2 Å². The van der Waals surface area contributed by atoms with Gasteiger partial charge in [-0.05, 0) is 48.7 Å². The number of benzene rings is 2. The van der Waals surface area contributed by atoms with Gasteiger partial charge in [0, 0.05) is 30.3 Å². The van der Waals surface area contributed by atoms with Gasteiger partial charge in [0.05, 0.1) is 11.8 Å². The second kappa shape index (κ2) is 8.71. The maximum absolute atomic E-state index is 11.4. The highest BCUT2D eigenvalue weighted by atomic mass is 32.2. The summed E-state index contributed by atoms with van der Waals surface area (Å²) in [4.78, 5) is 15.9. The van der Waals surface area contributed by atoms with E-state index in [-0.39, 0.29) is 12.5 Å². The number of carbonyl (C=O) groups is 1. The minimum Gasteiger partial charge on any atom is -0.491 e. The van der Waals surface area contributed by atoms with Crippen molar-refractivity contribution in [3.8, 4) is 11.4 Å². The molecule has 2 heterocycles. The molecule has 4 rings (SSSR count). The molecular formula is C22H23N3O3S. The molecule has 0 bridgehead atoms. The molecular weight excluding hydrogens is 386 g/mol. The van der Waals surface area contributed by atoms with Crippen molar-refractivity contribution in [2.75, 3.05) is 17.7 Å². The maximum atomic E-state index is 11.4. The van der Waals surface area contributed by atoms with E-state index in [0.29, 0.717) is 24.3 Å². The van der Waals surface area contributed by atoms with Gasteiger partial charge < -0.3 is 15.2 Å². The highest BCUT2D eigenvalue weighted by molar-refractivity contribution is 7.99. The Morgan fingerprint density at radius 3 is 3.00 bits per heavy atom. The molecule has 1 atom stereocenters. The van der Waals surface area contributed by atoms with Crippen LogP contribution in [0.1, 0.15) is 17.5 Å². The number of carbonyl (C=O) groups excluding carboxylic acids is 1. The number of hydrogen-bond acceptors (Lipinski definition) is 5. The SMILES string of the molecule is Cc1ccccc1-n1ccnc1SC[C@H](O)COc1ccc2c(c1)CCC(=O)N2. The Morgan fingerprint density at radius 1 is 1.28 bits per heavy atom. The van der Waals surface area contributed by atoms with Gasteiger partial charge in [-0.3, -0.25) is 9.36 Å². The molecule has 0 saturated carbocycles. The predicted molar refractivity (Wildman–Crippen MR) is 114 cm³/mol. The number of rotatable bonds is 7. The van der Waals surface area contributed by atoms with E-state index in [4.69, 9.17) is 4.74 Å². The summed E-state index contributed by atoms with van der Waals surface area (Å²) < 4.78 is 7.79. The van der Waals surface area contributed by atoms with Crippen LogP contribution in [0.2, 0.25) is 0 Å². The summed E-state index contributed by atoms with van der Waals surface area (Å²) in [5, 5.41) is 14.0. The molecule has 150 valence electrons. The van der Waals surface area contributed by atoms with Gasteiger partial charge in [-0.25, -0.2) is 4.98 Å². The number of amides is 1. The van der Waals surface area contributed by atoms with E-state index in [1.807, 2.05) is 41.1 Å². The van der Waals surface area contributed by atoms with Crippen molar-refractivity contribution in [1.82, 2.24) is 9.55 Å². The van der Waals surface area contributed by atoms with Gasteiger partial charge in [0.15, 0.2) is 5.16 Å². The lowest BCUT2D eigenvalue weighted by atomic mass is 10.0. The Balaban J connectivity index is 1.33. The average molecular weight is 410 g/mol. The maximum Gasteiger partial charge on any atom is 0.224 e. The van der Waals surface area contributed by atoms with E-state index >= 15 is 0 Å². The predicted octanol–water partition coefficient (Wildman–Crippen LogP) is 3.60. The Labute approximate surface area is 173 Å². The summed E-state index contributed by atoms with van der Waals surface area (Å²) in [5.41, 5.74) is 4.15. The lowest BCUT2D eigenvalue weighted by molar-refractivity contribution is -0.116. The van der Waals surface area contributed by atoms with E-state index in [9.17, 15) is 9.90 Å². The van der Waals surface area contributed by atoms with Crippen molar-refractivity contribution < 1.29 is 14.6 Å². The Morgan fingerprint density at radius 2 is 2.14 bits per heavy atom. The first-order valence-corrected chi connectivity index (χ1v) is 10.5. The van der Waals surface area contributed by atoms with Crippen molar-refractivity contribution in [3.63, 3.8) is 0 Å². The number of nitrogens with zero attached hydrogens (tertiary/aromatic N) is 2. The molecule has 3 aromatic rings. The summed E-state index contributed by atoms with van der Waals surface area (Å²) >= 11 is 1.50. The highest BCUT2D eigenvalue weighted by Crippen LogP contribution is 2.27. The number of anilines is 1. The zero-order valence-corrected chi connectivity index (χ0v) is 17.0. The van der Waals surface area contributed by atoms with Gasteiger partial charge in [0.25, 0.3) is 0 Å². The Bertz CT molecular complexity index is 1020. The molecule has 0 unspecified atom stereocenters. The third kappa shape index (κ3) is 4.63. The van der Waals surface area contributed by atoms with Crippen molar-refractivity contribution in [1.29, 1.82) is 0 Å². The van der Waals surface area contributed by atoms with Crippen LogP contribution < -0.4 is 10.1 Å². The first-order chi connectivity index (χ1) is 14.1. The largest absolute Gasteiger partial charge is 0.491 e. The molecule has 0 saturated heterocycles. The summed E-state index contributed by atoms with van der Waals surface area (Å²) in [5.74, 6) is 1.22. The average Bonchev–Trinajstić information content (AvgIpc) is 3.19. The zero-order chi connectivity index (χ0) is 20.2. The smallest absolute Gasteiger partial charge is 0.224 e. The number of aliphatic hydroxyl groups excluding tert-OH is 1. The number of fused-ring (bicyclic) bond motifs is 1. The molecule has 7 heteroatoms. The van der Waals surface area contributed by atoms with Crippen LogP contribution in [0.4, 0.5) is 5.69 Å². The lowest BCUT2D eigenvalue weighted by Crippen LogP contribution is -2.21. The second-order valence-corrected chi connectivity index (χ2v) is 8.00. The highest BCUT2D eigenvalue weighted by Gasteiger charge is 2.16. The Kier molecular flexibility index (Phi) is 5.87. The van der Waals surface area contributed by atoms with Gasteiger partial charge in [-0.2, -0.15) is 0 Å². The Hall–Kier alpha value is -2.77. The summed E-state index contributed by atoms with van der Waals surface area (Å²) in [6.45, 7) is 2.26. The first-order valence-electron chi connectivity index (χ1n) is 9.56. The number of imidazole rings is 1. The van der Waals surface area contributed by atoms with E-state index in [0.717, 1.165) is 22.1 Å². The van der Waals surface area contributed by atoms with Gasteiger partial charge in [-0.1, -0.05) is 30.0 Å². The molecule has 1 aromatic heterocycles. The number of nitrogens with one attached hydrogen (secondary N) is 1. The van der Waals surface area contributed by atoms with Gasteiger partial charge in [-0.15, -0.1) is 0 Å². The molecule has 0 radical (unpaired) electrons. The molecule has 6 nitrogen and oxygen atoms in total. The van der Waals surface area contributed by atoms with E-state index in [1.165, 1.54) is 17.3 Å². The summed E-state index contributed by atoms with van der Waals surface area (Å²) in [7, 11) is 0. The third-order valence-corrected chi connectivity index (χ3v) is 5.91. The van der Waals surface area contributed by atoms with Crippen LogP contribution in [0.25, 0.3) is 5.69 Å². The zero-order valence-electron chi connectivity index (χ0n) is 16.2. The van der Waals surface area contributed by atoms with Gasteiger partial charge >= 0.3 is 0 Å². The lowest BCUT2D eigenvalue weighted by Gasteiger charge is -2.18. The molecule has 0 spiro atoms. The monoisotopic (exact) mass is 409 g/mol. The van der Waals surface area contributed by atoms with Crippen LogP contribution in [-0.4, -0.2) is 39.0 Å². The number of para-hydroxylation sites is 1. The van der Waals surface area contributed by atoms with E-state index < -0.39 is 6.10 Å². The minimum absolute atomic E-state index is 0.0441. The fraction of sp³-hybridized carbons (Fsp3) is 0.273. The van der Waals surface area contributed by atoms with Crippen molar-refractivity contribution >= 4 is 23.4 Å². The van der Waals surface area contributed by atoms with Crippen LogP contribution in [0.5, 0.6) is 5.75 Å². The molecule has 0 aliphatic carbocycles. The van der Waals surface area contributed by atoms with Crippen LogP contribution in [0.15, 0.2) is 60.0 Å². The first kappa shape index (κ1) is 19.5. The molecule has 1 aliphatic rings. The summed E-state index contributed by atoms with van der Waals surface area (Å²) in [6.07, 6.45) is 4.27. The number of thioether (sulfide) groups is 1. The topological polar surface area (TPSA) is 76.4 Å². The second-order valence-electron chi connectivity index (χ2n) is 7.01. The van der Waals surface area contributed by atoms with Gasteiger partial charge in [0.2, 0.25) is 5.91 Å². The van der Waals surface area contributed by atoms with Crippen LogP contribution in [0, 0.1) is 6.92 Å². The molecule has 0 fully saturated rings. The minimum atomic E-state index is -0.627. The summed E-state index contributed by atoms with van der Waals surface area (Å²) in [6, 6.07) is 13.7. The quantitative estimate of drug-likeness (QED) is 0.583. The third-order valence-electron chi connectivity index (χ3n) is 4.80. The molecule has 2 aromatic carbocycles. The number of aromatic nitrogens is 2. The van der Waals surface area contributed by atoms with E-state index in [1.54, 1.807) is 6.20 Å². The molecule has 2 N–H and O–H groups in total. The molecule has 1 aliphatic heterocycles. The number of aliphatic hydroxyl groups is 1. The standard InChI is InChI=1S/C22H23N3O3S/c1-15-4-2-3-5-20(15)25-11-10-23-22(25)29-14-17(26)13-28-18-7-8-19-16(12-18)6-9-21(27)24-19/h2-5,7-8,10-12,17,26H,6,9,13-14H2,1H3,(H,24,27)/t17-/m1/s1. The number of hydrogen-bond donors (Lipinski definition) is 2. The van der Waals surface area contributed by atoms with Crippen molar-refractivity contribution in [2.45, 2.75) is 31.0 Å². The number of aryl methyl sites for hydroxylation is 2. The van der Waals surface area contributed by atoms with Crippen LogP contribution >= 0.6 is 11.8 Å². The van der Waals surface area contributed by atoms with Gasteiger partial charge in [0.1, 0.15) is 12.4 Å². The fourth-order valence-corrected chi connectivity index (χ4v) is 4.15. The number of ether oxygens (including phenoxy) is 1. The van der Waals surface area contributed by atoms with Crippen molar-refractivity contribution in [3.05, 3.63) is 66.0 Å². The normalized spacial score (nSPS) is 14.2. The van der Waals surface area contributed by atoms with E-state index in [2.05, 4.69) is 29.4 Å².